The molecule has 1 aliphatic rings. The van der Waals surface area contributed by atoms with E-state index in [0.717, 1.165) is 27.5 Å². The lowest BCUT2D eigenvalue weighted by Crippen LogP contribution is -1.98. The monoisotopic (exact) mass is 815 g/mol. The Labute approximate surface area is 371 Å². The summed E-state index contributed by atoms with van der Waals surface area (Å²) in [7, 11) is 0. The van der Waals surface area contributed by atoms with E-state index in [1.807, 2.05) is 18.6 Å². The van der Waals surface area contributed by atoms with Gasteiger partial charge in [0.25, 0.3) is 0 Å². The summed E-state index contributed by atoms with van der Waals surface area (Å²) in [5, 5.41) is 8.51. The van der Waals surface area contributed by atoms with Gasteiger partial charge in [-0.05, 0) is 173 Å². The fourth-order valence-electron chi connectivity index (χ4n) is 10.5. The summed E-state index contributed by atoms with van der Waals surface area (Å²) in [6.45, 7) is 0. The SMILES string of the molecule is c1ccc(-c2ccccc2-c2c3ccccc3c(-c3ccc4cc(-c5ccc6c(c5)c5ncccc5n6-c5ccccc5C5CC5)cc(-c5ccncc5)c4c3)c3ccccc23)cc1. The second kappa shape index (κ2) is 14.8. The van der Waals surface area contributed by atoms with Crippen LogP contribution in [0.3, 0.4) is 0 Å². The molecule has 0 aliphatic heterocycles. The summed E-state index contributed by atoms with van der Waals surface area (Å²) in [5.41, 5.74) is 18.1. The zero-order valence-corrected chi connectivity index (χ0v) is 35.1. The van der Waals surface area contributed by atoms with Gasteiger partial charge in [0.15, 0.2) is 0 Å². The van der Waals surface area contributed by atoms with E-state index in [-0.39, 0.29) is 0 Å². The molecule has 0 atom stereocenters. The van der Waals surface area contributed by atoms with Crippen LogP contribution in [0.5, 0.6) is 0 Å². The first-order valence-electron chi connectivity index (χ1n) is 22.3. The summed E-state index contributed by atoms with van der Waals surface area (Å²) in [6, 6.07) is 73.7. The van der Waals surface area contributed by atoms with Crippen LogP contribution in [-0.4, -0.2) is 14.5 Å². The molecule has 64 heavy (non-hydrogen) atoms. The lowest BCUT2D eigenvalue weighted by Gasteiger charge is -2.20. The smallest absolute Gasteiger partial charge is 0.0963 e. The molecule has 3 heterocycles. The first-order valence-corrected chi connectivity index (χ1v) is 22.3. The van der Waals surface area contributed by atoms with Gasteiger partial charge in [-0.3, -0.25) is 9.97 Å². The first kappa shape index (κ1) is 36.5. The predicted octanol–water partition coefficient (Wildman–Crippen LogP) is 16.2. The van der Waals surface area contributed by atoms with Gasteiger partial charge in [-0.2, -0.15) is 0 Å². The van der Waals surface area contributed by atoms with Crippen LogP contribution in [-0.2, 0) is 0 Å². The highest BCUT2D eigenvalue weighted by Gasteiger charge is 2.28. The normalized spacial score (nSPS) is 12.8. The Kier molecular flexibility index (Phi) is 8.42. The van der Waals surface area contributed by atoms with Crippen molar-refractivity contribution in [3.63, 3.8) is 0 Å². The predicted molar refractivity (Wildman–Crippen MR) is 268 cm³/mol. The molecule has 3 aromatic heterocycles. The van der Waals surface area contributed by atoms with Crippen LogP contribution in [0.2, 0.25) is 0 Å². The zero-order chi connectivity index (χ0) is 42.1. The van der Waals surface area contributed by atoms with E-state index < -0.39 is 0 Å². The highest BCUT2D eigenvalue weighted by molar-refractivity contribution is 6.23. The Morgan fingerprint density at radius 2 is 1.02 bits per heavy atom. The minimum absolute atomic E-state index is 0.628. The summed E-state index contributed by atoms with van der Waals surface area (Å²) in [4.78, 5) is 9.42. The molecule has 0 unspecified atom stereocenters. The van der Waals surface area contributed by atoms with Crippen molar-refractivity contribution in [2.45, 2.75) is 18.8 Å². The second-order valence-electron chi connectivity index (χ2n) is 17.2. The van der Waals surface area contributed by atoms with Gasteiger partial charge >= 0.3 is 0 Å². The minimum Gasteiger partial charge on any atom is -0.307 e. The molecule has 300 valence electrons. The highest BCUT2D eigenvalue weighted by atomic mass is 15.0. The number of hydrogen-bond acceptors (Lipinski definition) is 2. The third kappa shape index (κ3) is 5.89. The average Bonchev–Trinajstić information content (AvgIpc) is 4.17. The summed E-state index contributed by atoms with van der Waals surface area (Å²) in [6.07, 6.45) is 8.23. The molecule has 0 radical (unpaired) electrons. The van der Waals surface area contributed by atoms with Crippen molar-refractivity contribution < 1.29 is 0 Å². The Balaban J connectivity index is 1.01. The number of pyridine rings is 2. The first-order chi connectivity index (χ1) is 31.8. The molecule has 1 aliphatic carbocycles. The van der Waals surface area contributed by atoms with Crippen LogP contribution in [0.1, 0.15) is 24.3 Å². The lowest BCUT2D eigenvalue weighted by atomic mass is 9.83. The van der Waals surface area contributed by atoms with Crippen molar-refractivity contribution in [1.29, 1.82) is 0 Å². The van der Waals surface area contributed by atoms with Gasteiger partial charge < -0.3 is 4.57 Å². The highest BCUT2D eigenvalue weighted by Crippen LogP contribution is 2.48. The van der Waals surface area contributed by atoms with Crippen molar-refractivity contribution >= 4 is 54.3 Å². The molecule has 1 saturated carbocycles. The van der Waals surface area contributed by atoms with Crippen LogP contribution >= 0.6 is 0 Å². The largest absolute Gasteiger partial charge is 0.307 e. The topological polar surface area (TPSA) is 30.7 Å². The van der Waals surface area contributed by atoms with Gasteiger partial charge in [0, 0.05) is 29.7 Å². The molecule has 0 N–H and O–H groups in total. The van der Waals surface area contributed by atoms with E-state index in [4.69, 9.17) is 4.98 Å². The van der Waals surface area contributed by atoms with Gasteiger partial charge in [0.05, 0.1) is 16.6 Å². The Hall–Kier alpha value is -8.14. The summed E-state index contributed by atoms with van der Waals surface area (Å²) >= 11 is 0. The summed E-state index contributed by atoms with van der Waals surface area (Å²) in [5.74, 6) is 0.628. The van der Waals surface area contributed by atoms with Crippen molar-refractivity contribution in [1.82, 2.24) is 14.5 Å². The molecule has 0 spiro atoms. The third-order valence-corrected chi connectivity index (χ3v) is 13.5. The van der Waals surface area contributed by atoms with Crippen LogP contribution in [0.15, 0.2) is 219 Å². The molecular formula is C61H41N3. The number of rotatable bonds is 7. The van der Waals surface area contributed by atoms with Crippen molar-refractivity contribution in [3.8, 4) is 61.3 Å². The molecular weight excluding hydrogens is 775 g/mol. The Morgan fingerprint density at radius 3 is 1.78 bits per heavy atom. The third-order valence-electron chi connectivity index (χ3n) is 13.5. The molecule has 3 nitrogen and oxygen atoms in total. The molecule has 0 saturated heterocycles. The number of aromatic nitrogens is 3. The van der Waals surface area contributed by atoms with Gasteiger partial charge in [-0.15, -0.1) is 0 Å². The maximum absolute atomic E-state index is 4.99. The van der Waals surface area contributed by atoms with Gasteiger partial charge in [0.2, 0.25) is 0 Å². The standard InChI is InChI=1S/C61H41N3/c1-2-13-39(14-3-1)46-15-4-5-17-48(46)60-51-20-8-6-18-49(51)59(50-19-7-9-21-52(50)60)44-27-26-43-35-45(38-53(54(43)37-44)41-30-33-62-34-31-41)42-28-29-57-55(36-42)61-58(23-12-32-63-61)64(57)56-22-11-10-16-47(56)40-24-25-40/h1-23,26-38,40H,24-25H2. The van der Waals surface area contributed by atoms with E-state index in [9.17, 15) is 0 Å². The maximum atomic E-state index is 4.99. The quantitative estimate of drug-likeness (QED) is 0.150. The molecule has 0 amide bonds. The van der Waals surface area contributed by atoms with E-state index in [1.165, 1.54) is 106 Å². The second-order valence-corrected chi connectivity index (χ2v) is 17.2. The fourth-order valence-corrected chi connectivity index (χ4v) is 10.5. The van der Waals surface area contributed by atoms with Crippen LogP contribution in [0.25, 0.3) is 116 Å². The Morgan fingerprint density at radius 1 is 0.375 bits per heavy atom. The number of nitrogens with zero attached hydrogens (tertiary/aromatic N) is 3. The molecule has 3 heteroatoms. The van der Waals surface area contributed by atoms with E-state index in [0.29, 0.717) is 5.92 Å². The minimum atomic E-state index is 0.628. The zero-order valence-electron chi connectivity index (χ0n) is 35.1. The van der Waals surface area contributed by atoms with Gasteiger partial charge in [0.1, 0.15) is 0 Å². The molecule has 0 bridgehead atoms. The lowest BCUT2D eigenvalue weighted by molar-refractivity contribution is 1.06. The van der Waals surface area contributed by atoms with E-state index in [2.05, 4.69) is 210 Å². The number of hydrogen-bond donors (Lipinski definition) is 0. The molecule has 12 aromatic rings. The van der Waals surface area contributed by atoms with E-state index in [1.54, 1.807) is 0 Å². The average molecular weight is 816 g/mol. The molecule has 1 fully saturated rings. The molecule has 13 rings (SSSR count). The van der Waals surface area contributed by atoms with Crippen LogP contribution in [0, 0.1) is 0 Å². The number of fused-ring (bicyclic) bond motifs is 6. The number of benzene rings is 9. The van der Waals surface area contributed by atoms with Gasteiger partial charge in [-0.1, -0.05) is 140 Å². The van der Waals surface area contributed by atoms with Crippen molar-refractivity contribution in [2.24, 2.45) is 0 Å². The van der Waals surface area contributed by atoms with Crippen molar-refractivity contribution in [2.75, 3.05) is 0 Å². The van der Waals surface area contributed by atoms with Crippen molar-refractivity contribution in [3.05, 3.63) is 224 Å². The van der Waals surface area contributed by atoms with E-state index >= 15 is 0 Å². The van der Waals surface area contributed by atoms with Crippen LogP contribution in [0.4, 0.5) is 0 Å². The molecule has 9 aromatic carbocycles. The maximum Gasteiger partial charge on any atom is 0.0963 e. The van der Waals surface area contributed by atoms with Crippen LogP contribution < -0.4 is 0 Å². The fraction of sp³-hybridized carbons (Fsp3) is 0.0492. The summed E-state index contributed by atoms with van der Waals surface area (Å²) < 4.78 is 2.43. The number of para-hydroxylation sites is 1. The van der Waals surface area contributed by atoms with Gasteiger partial charge in [-0.25, -0.2) is 0 Å². The Bertz CT molecular complexity index is 3730.